The molecule has 0 aliphatic heterocycles. The number of nitrogens with zero attached hydrogens (tertiary/aromatic N) is 2. The van der Waals surface area contributed by atoms with Gasteiger partial charge in [-0.15, -0.1) is 11.6 Å². The minimum absolute atomic E-state index is 0.295. The van der Waals surface area contributed by atoms with E-state index in [1.54, 1.807) is 6.20 Å². The van der Waals surface area contributed by atoms with Crippen LogP contribution in [0.25, 0.3) is 0 Å². The Labute approximate surface area is 113 Å². The number of hydrogen-bond acceptors (Lipinski definition) is 1. The lowest BCUT2D eigenvalue weighted by molar-refractivity contribution is 0.502. The number of halogens is 2. The fourth-order valence-electron chi connectivity index (χ4n) is 2.72. The molecule has 1 aliphatic carbocycles. The zero-order valence-electron chi connectivity index (χ0n) is 10.3. The van der Waals surface area contributed by atoms with E-state index in [0.29, 0.717) is 11.3 Å². The molecule has 4 heteroatoms. The van der Waals surface area contributed by atoms with Gasteiger partial charge in [-0.2, -0.15) is 5.10 Å². The summed E-state index contributed by atoms with van der Waals surface area (Å²) in [7, 11) is 0. The molecule has 1 fully saturated rings. The van der Waals surface area contributed by atoms with Crippen LogP contribution in [0.3, 0.4) is 0 Å². The fourth-order valence-corrected chi connectivity index (χ4v) is 3.38. The Kier molecular flexibility index (Phi) is 4.75. The van der Waals surface area contributed by atoms with Crippen molar-refractivity contribution in [3.05, 3.63) is 16.9 Å². The van der Waals surface area contributed by atoms with Crippen LogP contribution in [0.15, 0.2) is 6.20 Å². The summed E-state index contributed by atoms with van der Waals surface area (Å²) < 4.78 is 2.07. The highest BCUT2D eigenvalue weighted by molar-refractivity contribution is 6.31. The highest BCUT2D eigenvalue weighted by atomic mass is 35.5. The maximum atomic E-state index is 6.34. The van der Waals surface area contributed by atoms with Gasteiger partial charge in [0.25, 0.3) is 0 Å². The molecule has 0 spiro atoms. The average Bonchev–Trinajstić information content (AvgIpc) is 2.52. The van der Waals surface area contributed by atoms with E-state index >= 15 is 0 Å². The maximum absolute atomic E-state index is 6.34. The fraction of sp³-hybridized carbons (Fsp3) is 0.769. The SMILES string of the molecule is CCCn1ncc(Cl)c1C1CCCCC(Cl)C1. The first kappa shape index (κ1) is 13.2. The zero-order chi connectivity index (χ0) is 12.3. The Hall–Kier alpha value is -0.210. The lowest BCUT2D eigenvalue weighted by Gasteiger charge is -2.18. The van der Waals surface area contributed by atoms with Crippen molar-refractivity contribution in [2.45, 2.75) is 63.3 Å². The minimum atomic E-state index is 0.295. The normalized spacial score (nSPS) is 25.8. The highest BCUT2D eigenvalue weighted by Gasteiger charge is 2.25. The molecule has 1 aromatic heterocycles. The van der Waals surface area contributed by atoms with Crippen LogP contribution >= 0.6 is 23.2 Å². The predicted octanol–water partition coefficient (Wildman–Crippen LogP) is 4.60. The molecule has 0 aromatic carbocycles. The third-order valence-electron chi connectivity index (χ3n) is 3.52. The standard InChI is InChI=1S/C13H20Cl2N2/c1-2-7-17-13(12(15)9-16-17)10-5-3-4-6-11(14)8-10/h9-11H,2-8H2,1H3. The molecule has 1 aliphatic rings. The van der Waals surface area contributed by atoms with Crippen molar-refractivity contribution in [3.8, 4) is 0 Å². The third-order valence-corrected chi connectivity index (χ3v) is 4.20. The van der Waals surface area contributed by atoms with Gasteiger partial charge in [-0.05, 0) is 25.7 Å². The Morgan fingerprint density at radius 3 is 2.94 bits per heavy atom. The summed E-state index contributed by atoms with van der Waals surface area (Å²) in [6.07, 6.45) is 8.72. The van der Waals surface area contributed by atoms with E-state index in [9.17, 15) is 0 Å². The van der Waals surface area contributed by atoms with Gasteiger partial charge in [-0.1, -0.05) is 31.4 Å². The molecular formula is C13H20Cl2N2. The smallest absolute Gasteiger partial charge is 0.0820 e. The summed E-state index contributed by atoms with van der Waals surface area (Å²) in [5.74, 6) is 0.488. The van der Waals surface area contributed by atoms with Crippen molar-refractivity contribution >= 4 is 23.2 Å². The Balaban J connectivity index is 2.21. The predicted molar refractivity (Wildman–Crippen MR) is 73.0 cm³/mol. The summed E-state index contributed by atoms with van der Waals surface area (Å²) in [5, 5.41) is 5.49. The molecule has 0 saturated heterocycles. The number of aryl methyl sites for hydroxylation is 1. The van der Waals surface area contributed by atoms with Gasteiger partial charge in [-0.25, -0.2) is 0 Å². The van der Waals surface area contributed by atoms with Crippen LogP contribution in [0.1, 0.15) is 57.1 Å². The van der Waals surface area contributed by atoms with E-state index in [1.807, 2.05) is 0 Å². The maximum Gasteiger partial charge on any atom is 0.0820 e. The number of aromatic nitrogens is 2. The van der Waals surface area contributed by atoms with Gasteiger partial charge >= 0.3 is 0 Å². The molecule has 0 radical (unpaired) electrons. The van der Waals surface area contributed by atoms with Crippen LogP contribution in [-0.2, 0) is 6.54 Å². The van der Waals surface area contributed by atoms with Crippen molar-refractivity contribution in [1.82, 2.24) is 9.78 Å². The first-order chi connectivity index (χ1) is 8.22. The first-order valence-electron chi connectivity index (χ1n) is 6.57. The number of rotatable bonds is 3. The molecule has 0 amide bonds. The van der Waals surface area contributed by atoms with Gasteiger partial charge < -0.3 is 0 Å². The lowest BCUT2D eigenvalue weighted by atomic mass is 9.96. The molecule has 1 saturated carbocycles. The summed E-state index contributed by atoms with van der Waals surface area (Å²) in [4.78, 5) is 0. The Morgan fingerprint density at radius 2 is 2.18 bits per heavy atom. The molecule has 2 unspecified atom stereocenters. The van der Waals surface area contributed by atoms with Crippen molar-refractivity contribution in [2.75, 3.05) is 0 Å². The molecule has 1 heterocycles. The van der Waals surface area contributed by atoms with Gasteiger partial charge in [0.2, 0.25) is 0 Å². The van der Waals surface area contributed by atoms with E-state index in [2.05, 4.69) is 16.7 Å². The van der Waals surface area contributed by atoms with E-state index in [-0.39, 0.29) is 0 Å². The molecule has 1 aromatic rings. The molecule has 0 N–H and O–H groups in total. The minimum Gasteiger partial charge on any atom is -0.268 e. The largest absolute Gasteiger partial charge is 0.268 e. The van der Waals surface area contributed by atoms with Crippen molar-refractivity contribution in [3.63, 3.8) is 0 Å². The van der Waals surface area contributed by atoms with E-state index in [0.717, 1.165) is 30.8 Å². The Bertz CT molecular complexity index is 362. The van der Waals surface area contributed by atoms with Crippen LogP contribution in [0.5, 0.6) is 0 Å². The van der Waals surface area contributed by atoms with Gasteiger partial charge in [0, 0.05) is 17.8 Å². The summed E-state index contributed by atoms with van der Waals surface area (Å²) in [6, 6.07) is 0. The number of alkyl halides is 1. The second-order valence-electron chi connectivity index (χ2n) is 4.92. The van der Waals surface area contributed by atoms with Crippen molar-refractivity contribution in [2.24, 2.45) is 0 Å². The average molecular weight is 275 g/mol. The summed E-state index contributed by atoms with van der Waals surface area (Å²) in [6.45, 7) is 3.11. The second-order valence-corrected chi connectivity index (χ2v) is 5.94. The van der Waals surface area contributed by atoms with E-state index < -0.39 is 0 Å². The molecular weight excluding hydrogens is 255 g/mol. The zero-order valence-corrected chi connectivity index (χ0v) is 11.8. The van der Waals surface area contributed by atoms with Crippen LogP contribution in [0, 0.1) is 0 Å². The lowest BCUT2D eigenvalue weighted by Crippen LogP contribution is -2.12. The molecule has 0 bridgehead atoms. The van der Waals surface area contributed by atoms with E-state index in [4.69, 9.17) is 23.2 Å². The summed E-state index contributed by atoms with van der Waals surface area (Å²) >= 11 is 12.6. The monoisotopic (exact) mass is 274 g/mol. The number of hydrogen-bond donors (Lipinski definition) is 0. The second kappa shape index (κ2) is 6.10. The highest BCUT2D eigenvalue weighted by Crippen LogP contribution is 2.37. The van der Waals surface area contributed by atoms with Crippen LogP contribution in [0.2, 0.25) is 5.02 Å². The van der Waals surface area contributed by atoms with Gasteiger partial charge in [-0.3, -0.25) is 4.68 Å². The topological polar surface area (TPSA) is 17.8 Å². The third kappa shape index (κ3) is 3.17. The molecule has 96 valence electrons. The first-order valence-corrected chi connectivity index (χ1v) is 7.39. The van der Waals surface area contributed by atoms with Gasteiger partial charge in [0.05, 0.1) is 16.9 Å². The quantitative estimate of drug-likeness (QED) is 0.582. The van der Waals surface area contributed by atoms with Crippen molar-refractivity contribution < 1.29 is 0 Å². The van der Waals surface area contributed by atoms with Crippen molar-refractivity contribution in [1.29, 1.82) is 0 Å². The molecule has 2 atom stereocenters. The van der Waals surface area contributed by atoms with Crippen LogP contribution in [0.4, 0.5) is 0 Å². The van der Waals surface area contributed by atoms with Crippen LogP contribution in [-0.4, -0.2) is 15.2 Å². The Morgan fingerprint density at radius 1 is 1.41 bits per heavy atom. The molecule has 17 heavy (non-hydrogen) atoms. The van der Waals surface area contributed by atoms with Crippen LogP contribution < -0.4 is 0 Å². The van der Waals surface area contributed by atoms with E-state index in [1.165, 1.54) is 25.0 Å². The van der Waals surface area contributed by atoms with Gasteiger partial charge in [0.15, 0.2) is 0 Å². The molecule has 2 rings (SSSR count). The summed E-state index contributed by atoms with van der Waals surface area (Å²) in [5.41, 5.74) is 1.21. The molecule has 2 nitrogen and oxygen atoms in total. The van der Waals surface area contributed by atoms with Gasteiger partial charge in [0.1, 0.15) is 0 Å².